The molecule has 0 bridgehead atoms. The van der Waals surface area contributed by atoms with Crippen molar-refractivity contribution >= 4 is 30.5 Å². The fourth-order valence-electron chi connectivity index (χ4n) is 1.16. The molecule has 0 atom stereocenters. The molecule has 0 saturated carbocycles. The average Bonchev–Trinajstić information content (AvgIpc) is 2.14. The minimum absolute atomic E-state index is 0. The first kappa shape index (κ1) is 16.9. The van der Waals surface area contributed by atoms with Crippen LogP contribution in [0.1, 0.15) is 5.56 Å². The number of rotatable bonds is 4. The number of likely N-dealkylation sites (N-methyl/N-ethyl adjacent to an activating group) is 2. The van der Waals surface area contributed by atoms with E-state index in [4.69, 9.17) is 0 Å². The van der Waals surface area contributed by atoms with Crippen molar-refractivity contribution in [2.75, 3.05) is 32.1 Å². The van der Waals surface area contributed by atoms with Gasteiger partial charge in [-0.2, -0.15) is 0 Å². The van der Waals surface area contributed by atoms with Crippen molar-refractivity contribution < 1.29 is 0 Å². The Morgan fingerprint density at radius 1 is 1.33 bits per heavy atom. The summed E-state index contributed by atoms with van der Waals surface area (Å²) in [6.07, 6.45) is 3.76. The summed E-state index contributed by atoms with van der Waals surface area (Å²) >= 11 is 0. The van der Waals surface area contributed by atoms with E-state index in [1.54, 1.807) is 0 Å². The first-order chi connectivity index (χ1) is 6.24. The number of hydrogen-bond donors (Lipinski definition) is 1. The van der Waals surface area contributed by atoms with Gasteiger partial charge in [0.05, 0.1) is 11.9 Å². The van der Waals surface area contributed by atoms with Crippen molar-refractivity contribution in [3.05, 3.63) is 24.0 Å². The van der Waals surface area contributed by atoms with E-state index in [0.717, 1.165) is 13.1 Å². The van der Waals surface area contributed by atoms with Crippen LogP contribution in [0.2, 0.25) is 0 Å². The lowest BCUT2D eigenvalue weighted by molar-refractivity contribution is 0.766. The molecule has 0 aliphatic rings. The highest BCUT2D eigenvalue weighted by Gasteiger charge is 1.99. The number of pyridine rings is 1. The third kappa shape index (κ3) is 5.82. The van der Waals surface area contributed by atoms with Gasteiger partial charge in [0.25, 0.3) is 0 Å². The molecule has 0 amide bonds. The molecule has 0 saturated heterocycles. The van der Waals surface area contributed by atoms with E-state index in [1.165, 1.54) is 11.3 Å². The van der Waals surface area contributed by atoms with Gasteiger partial charge in [0.2, 0.25) is 0 Å². The molecule has 0 fully saturated rings. The van der Waals surface area contributed by atoms with Gasteiger partial charge in [0.1, 0.15) is 0 Å². The molecule has 3 nitrogen and oxygen atoms in total. The Morgan fingerprint density at radius 3 is 2.53 bits per heavy atom. The Bertz CT molecular complexity index is 269. The molecule has 1 aromatic heterocycles. The van der Waals surface area contributed by atoms with Crippen LogP contribution in [0.15, 0.2) is 18.5 Å². The zero-order chi connectivity index (χ0) is 9.68. The summed E-state index contributed by atoms with van der Waals surface area (Å²) in [4.78, 5) is 6.34. The van der Waals surface area contributed by atoms with Crippen molar-refractivity contribution in [2.24, 2.45) is 0 Å². The Morgan fingerprint density at radius 2 is 2.00 bits per heavy atom. The maximum absolute atomic E-state index is 4.15. The number of halogens is 2. The van der Waals surface area contributed by atoms with Crippen molar-refractivity contribution in [3.63, 3.8) is 0 Å². The van der Waals surface area contributed by atoms with E-state index in [2.05, 4.69) is 35.2 Å². The lowest BCUT2D eigenvalue weighted by Gasteiger charge is -2.18. The zero-order valence-corrected chi connectivity index (χ0v) is 11.0. The summed E-state index contributed by atoms with van der Waals surface area (Å²) in [5.41, 5.74) is 2.38. The fraction of sp³-hybridized carbons (Fsp3) is 0.500. The van der Waals surface area contributed by atoms with Gasteiger partial charge in [-0.25, -0.2) is 0 Å². The number of nitrogens with zero attached hydrogens (tertiary/aromatic N) is 2. The number of anilines is 1. The van der Waals surface area contributed by atoms with Gasteiger partial charge >= 0.3 is 0 Å². The van der Waals surface area contributed by atoms with Gasteiger partial charge in [0.15, 0.2) is 0 Å². The maximum Gasteiger partial charge on any atom is 0.0553 e. The normalized spacial score (nSPS) is 8.73. The molecule has 1 aromatic rings. The van der Waals surface area contributed by atoms with E-state index in [9.17, 15) is 0 Å². The molecule has 1 rings (SSSR count). The van der Waals surface area contributed by atoms with Gasteiger partial charge in [0, 0.05) is 26.3 Å². The summed E-state index contributed by atoms with van der Waals surface area (Å²) in [5.74, 6) is 0. The first-order valence-electron chi connectivity index (χ1n) is 4.51. The molecular weight excluding hydrogens is 233 g/mol. The molecule has 1 N–H and O–H groups in total. The molecule has 1 heterocycles. The standard InChI is InChI=1S/C10H17N3.2ClH/c1-9-6-10(8-12-7-9)13(3)5-4-11-2;;/h6-8,11H,4-5H2,1-3H3;2*1H. The highest BCUT2D eigenvalue weighted by atomic mass is 35.5. The number of nitrogens with one attached hydrogen (secondary N) is 1. The molecule has 0 aliphatic carbocycles. The van der Waals surface area contributed by atoms with Crippen molar-refractivity contribution in [3.8, 4) is 0 Å². The SMILES string of the molecule is CNCCN(C)c1cncc(C)c1.Cl.Cl. The molecule has 5 heteroatoms. The quantitative estimate of drug-likeness (QED) is 0.887. The number of hydrogen-bond acceptors (Lipinski definition) is 3. The minimum atomic E-state index is 0. The van der Waals surface area contributed by atoms with E-state index in [-0.39, 0.29) is 24.8 Å². The lowest BCUT2D eigenvalue weighted by Crippen LogP contribution is -2.27. The smallest absolute Gasteiger partial charge is 0.0553 e. The second kappa shape index (κ2) is 8.77. The van der Waals surface area contributed by atoms with Gasteiger partial charge in [-0.1, -0.05) is 0 Å². The Balaban J connectivity index is 0. The summed E-state index contributed by atoms with van der Waals surface area (Å²) in [6, 6.07) is 2.14. The lowest BCUT2D eigenvalue weighted by atomic mass is 10.3. The third-order valence-electron chi connectivity index (χ3n) is 2.00. The van der Waals surface area contributed by atoms with Crippen LogP contribution in [0.5, 0.6) is 0 Å². The van der Waals surface area contributed by atoms with Gasteiger partial charge < -0.3 is 10.2 Å². The van der Waals surface area contributed by atoms with E-state index in [0.29, 0.717) is 0 Å². The van der Waals surface area contributed by atoms with Gasteiger partial charge in [-0.15, -0.1) is 24.8 Å². The van der Waals surface area contributed by atoms with Gasteiger partial charge in [-0.3, -0.25) is 4.98 Å². The highest BCUT2D eigenvalue weighted by Crippen LogP contribution is 2.11. The summed E-state index contributed by atoms with van der Waals surface area (Å²) in [7, 11) is 4.04. The van der Waals surface area contributed by atoms with Crippen molar-refractivity contribution in [1.82, 2.24) is 10.3 Å². The van der Waals surface area contributed by atoms with Crippen LogP contribution in [0.25, 0.3) is 0 Å². The molecule has 0 radical (unpaired) electrons. The fourth-order valence-corrected chi connectivity index (χ4v) is 1.16. The van der Waals surface area contributed by atoms with Crippen LogP contribution in [0.3, 0.4) is 0 Å². The summed E-state index contributed by atoms with van der Waals surface area (Å²) < 4.78 is 0. The maximum atomic E-state index is 4.15. The minimum Gasteiger partial charge on any atom is -0.372 e. The molecular formula is C10H19Cl2N3. The monoisotopic (exact) mass is 251 g/mol. The second-order valence-electron chi connectivity index (χ2n) is 3.25. The number of aromatic nitrogens is 1. The van der Waals surface area contributed by atoms with Crippen molar-refractivity contribution in [1.29, 1.82) is 0 Å². The molecule has 15 heavy (non-hydrogen) atoms. The second-order valence-corrected chi connectivity index (χ2v) is 3.25. The molecule has 0 aliphatic heterocycles. The van der Waals surface area contributed by atoms with E-state index in [1.807, 2.05) is 19.4 Å². The predicted octanol–water partition coefficient (Wildman–Crippen LogP) is 1.89. The summed E-state index contributed by atoms with van der Waals surface area (Å²) in [6.45, 7) is 4.05. The highest BCUT2D eigenvalue weighted by molar-refractivity contribution is 5.85. The Labute approximate surface area is 104 Å². The van der Waals surface area contributed by atoms with E-state index >= 15 is 0 Å². The topological polar surface area (TPSA) is 28.2 Å². The van der Waals surface area contributed by atoms with Crippen LogP contribution in [0, 0.1) is 6.92 Å². The van der Waals surface area contributed by atoms with Crippen LogP contribution >= 0.6 is 24.8 Å². The average molecular weight is 252 g/mol. The van der Waals surface area contributed by atoms with Crippen molar-refractivity contribution in [2.45, 2.75) is 6.92 Å². The van der Waals surface area contributed by atoms with Crippen LogP contribution < -0.4 is 10.2 Å². The van der Waals surface area contributed by atoms with Crippen LogP contribution in [-0.2, 0) is 0 Å². The zero-order valence-electron chi connectivity index (χ0n) is 9.36. The Hall–Kier alpha value is -0.510. The largest absolute Gasteiger partial charge is 0.372 e. The van der Waals surface area contributed by atoms with E-state index < -0.39 is 0 Å². The third-order valence-corrected chi connectivity index (χ3v) is 2.00. The Kier molecular flexibility index (Phi) is 9.88. The molecule has 0 aromatic carbocycles. The predicted molar refractivity (Wildman–Crippen MR) is 70.7 cm³/mol. The first-order valence-corrected chi connectivity index (χ1v) is 4.51. The molecule has 88 valence electrons. The van der Waals surface area contributed by atoms with Crippen LogP contribution in [0.4, 0.5) is 5.69 Å². The molecule has 0 spiro atoms. The number of aryl methyl sites for hydroxylation is 1. The molecule has 0 unspecified atom stereocenters. The summed E-state index contributed by atoms with van der Waals surface area (Å²) in [5, 5.41) is 3.12. The van der Waals surface area contributed by atoms with Crippen LogP contribution in [-0.4, -0.2) is 32.2 Å². The van der Waals surface area contributed by atoms with Gasteiger partial charge in [-0.05, 0) is 25.6 Å².